The molecule has 0 amide bonds. The summed E-state index contributed by atoms with van der Waals surface area (Å²) in [6, 6.07) is 16.6. The topological polar surface area (TPSA) is 59.6 Å². The standard InChI is InChI=1S/C19H22BrN3O/c20-15-7-3-5-14(13-15)6-4-11-22-19(21)23-17-10-12-24-18-9-2-1-8-16(17)18/h1-3,5,7-9,13,17H,4,6,10-12H2,(H3,21,22,23). The number of hydrogen-bond donors (Lipinski definition) is 2. The number of hydrogen-bond acceptors (Lipinski definition) is 2. The molecule has 1 atom stereocenters. The van der Waals surface area contributed by atoms with Crippen molar-refractivity contribution in [2.75, 3.05) is 13.2 Å². The highest BCUT2D eigenvalue weighted by Gasteiger charge is 2.21. The Kier molecular flexibility index (Phi) is 5.75. The zero-order chi connectivity index (χ0) is 16.8. The maximum Gasteiger partial charge on any atom is 0.189 e. The third kappa shape index (κ3) is 4.51. The zero-order valence-electron chi connectivity index (χ0n) is 13.5. The molecule has 0 radical (unpaired) electrons. The average Bonchev–Trinajstić information content (AvgIpc) is 2.59. The summed E-state index contributed by atoms with van der Waals surface area (Å²) >= 11 is 3.50. The van der Waals surface area contributed by atoms with E-state index < -0.39 is 0 Å². The van der Waals surface area contributed by atoms with Gasteiger partial charge in [0.1, 0.15) is 5.75 Å². The van der Waals surface area contributed by atoms with E-state index in [2.05, 4.69) is 50.5 Å². The van der Waals surface area contributed by atoms with Gasteiger partial charge in [-0.3, -0.25) is 4.99 Å². The molecule has 1 aliphatic heterocycles. The van der Waals surface area contributed by atoms with Gasteiger partial charge < -0.3 is 15.8 Å². The Morgan fingerprint density at radius 2 is 2.12 bits per heavy atom. The van der Waals surface area contributed by atoms with Crippen molar-refractivity contribution in [3.8, 4) is 5.75 Å². The van der Waals surface area contributed by atoms with Crippen LogP contribution < -0.4 is 15.8 Å². The number of benzene rings is 2. The van der Waals surface area contributed by atoms with Crippen LogP contribution in [0.15, 0.2) is 58.0 Å². The Bertz CT molecular complexity index is 717. The number of fused-ring (bicyclic) bond motifs is 1. The molecule has 0 saturated heterocycles. The molecule has 0 spiro atoms. The van der Waals surface area contributed by atoms with E-state index in [0.29, 0.717) is 12.6 Å². The predicted octanol–water partition coefficient (Wildman–Crippen LogP) is 3.81. The molecule has 24 heavy (non-hydrogen) atoms. The van der Waals surface area contributed by atoms with Gasteiger partial charge in [-0.05, 0) is 36.6 Å². The highest BCUT2D eigenvalue weighted by Crippen LogP contribution is 2.31. The Balaban J connectivity index is 1.50. The van der Waals surface area contributed by atoms with Gasteiger partial charge in [-0.15, -0.1) is 0 Å². The van der Waals surface area contributed by atoms with Crippen LogP contribution in [0, 0.1) is 0 Å². The van der Waals surface area contributed by atoms with Crippen molar-refractivity contribution < 1.29 is 4.74 Å². The minimum absolute atomic E-state index is 0.170. The van der Waals surface area contributed by atoms with Gasteiger partial charge >= 0.3 is 0 Å². The minimum atomic E-state index is 0.170. The normalized spacial score (nSPS) is 17.0. The highest BCUT2D eigenvalue weighted by molar-refractivity contribution is 9.10. The number of nitrogens with two attached hydrogens (primary N) is 1. The van der Waals surface area contributed by atoms with Crippen molar-refractivity contribution >= 4 is 21.9 Å². The summed E-state index contributed by atoms with van der Waals surface area (Å²) in [5.41, 5.74) is 8.51. The second-order valence-corrected chi connectivity index (χ2v) is 6.79. The number of halogens is 1. The van der Waals surface area contributed by atoms with Gasteiger partial charge in [0.2, 0.25) is 0 Å². The van der Waals surface area contributed by atoms with Crippen LogP contribution in [0.3, 0.4) is 0 Å². The molecule has 0 aromatic heterocycles. The van der Waals surface area contributed by atoms with Crippen LogP contribution in [0.25, 0.3) is 0 Å². The third-order valence-electron chi connectivity index (χ3n) is 4.08. The first-order valence-corrected chi connectivity index (χ1v) is 9.04. The largest absolute Gasteiger partial charge is 0.493 e. The van der Waals surface area contributed by atoms with E-state index in [1.807, 2.05) is 24.3 Å². The molecular weight excluding hydrogens is 366 g/mol. The van der Waals surface area contributed by atoms with Crippen molar-refractivity contribution in [2.24, 2.45) is 10.7 Å². The predicted molar refractivity (Wildman–Crippen MR) is 101 cm³/mol. The fraction of sp³-hybridized carbons (Fsp3) is 0.316. The first-order chi connectivity index (χ1) is 11.7. The van der Waals surface area contributed by atoms with E-state index in [4.69, 9.17) is 10.5 Å². The Morgan fingerprint density at radius 3 is 3.00 bits per heavy atom. The maximum absolute atomic E-state index is 6.06. The number of ether oxygens (including phenoxy) is 1. The van der Waals surface area contributed by atoms with Crippen LogP contribution in [0.1, 0.15) is 30.0 Å². The smallest absolute Gasteiger partial charge is 0.189 e. The Hall–Kier alpha value is -2.01. The second-order valence-electron chi connectivity index (χ2n) is 5.87. The lowest BCUT2D eigenvalue weighted by molar-refractivity contribution is 0.262. The van der Waals surface area contributed by atoms with Gasteiger partial charge in [-0.25, -0.2) is 0 Å². The van der Waals surface area contributed by atoms with E-state index in [0.717, 1.165) is 41.6 Å². The Labute approximate surface area is 151 Å². The van der Waals surface area contributed by atoms with Crippen molar-refractivity contribution in [1.82, 2.24) is 5.32 Å². The fourth-order valence-corrected chi connectivity index (χ4v) is 3.34. The van der Waals surface area contributed by atoms with Crippen molar-refractivity contribution in [1.29, 1.82) is 0 Å². The summed E-state index contributed by atoms with van der Waals surface area (Å²) in [4.78, 5) is 4.46. The number of guanidine groups is 1. The average molecular weight is 388 g/mol. The maximum atomic E-state index is 6.06. The molecule has 126 valence electrons. The molecule has 2 aromatic rings. The molecule has 0 bridgehead atoms. The molecule has 1 unspecified atom stereocenters. The van der Waals surface area contributed by atoms with Crippen molar-refractivity contribution in [3.05, 3.63) is 64.1 Å². The van der Waals surface area contributed by atoms with Crippen LogP contribution in [-0.2, 0) is 6.42 Å². The quantitative estimate of drug-likeness (QED) is 0.465. The summed E-state index contributed by atoms with van der Waals surface area (Å²) in [6.07, 6.45) is 2.87. The lowest BCUT2D eigenvalue weighted by Crippen LogP contribution is -2.37. The zero-order valence-corrected chi connectivity index (χ0v) is 15.1. The first kappa shape index (κ1) is 16.8. The van der Waals surface area contributed by atoms with Crippen LogP contribution in [0.2, 0.25) is 0 Å². The molecule has 2 aromatic carbocycles. The molecule has 5 heteroatoms. The number of nitrogens with zero attached hydrogens (tertiary/aromatic N) is 1. The molecule has 3 N–H and O–H groups in total. The summed E-state index contributed by atoms with van der Waals surface area (Å²) in [5.74, 6) is 1.44. The minimum Gasteiger partial charge on any atom is -0.493 e. The molecule has 0 aliphatic carbocycles. The van der Waals surface area contributed by atoms with Crippen LogP contribution in [-0.4, -0.2) is 19.1 Å². The van der Waals surface area contributed by atoms with Crippen LogP contribution >= 0.6 is 15.9 Å². The van der Waals surface area contributed by atoms with E-state index >= 15 is 0 Å². The summed E-state index contributed by atoms with van der Waals surface area (Å²) in [5, 5.41) is 3.32. The van der Waals surface area contributed by atoms with E-state index in [1.165, 1.54) is 5.56 Å². The molecule has 0 saturated carbocycles. The fourth-order valence-electron chi connectivity index (χ4n) is 2.89. The molecular formula is C19H22BrN3O. The number of aliphatic imine (C=N–C) groups is 1. The van der Waals surface area contributed by atoms with Gasteiger partial charge in [0.05, 0.1) is 12.6 Å². The summed E-state index contributed by atoms with van der Waals surface area (Å²) < 4.78 is 6.78. The molecule has 1 aliphatic rings. The highest BCUT2D eigenvalue weighted by atomic mass is 79.9. The number of para-hydroxylation sites is 1. The van der Waals surface area contributed by atoms with E-state index in [9.17, 15) is 0 Å². The van der Waals surface area contributed by atoms with Gasteiger partial charge in [0, 0.05) is 23.0 Å². The first-order valence-electron chi connectivity index (χ1n) is 8.25. The van der Waals surface area contributed by atoms with Gasteiger partial charge in [-0.2, -0.15) is 0 Å². The van der Waals surface area contributed by atoms with E-state index in [-0.39, 0.29) is 6.04 Å². The van der Waals surface area contributed by atoms with Gasteiger partial charge in [0.15, 0.2) is 5.96 Å². The van der Waals surface area contributed by atoms with Crippen molar-refractivity contribution in [2.45, 2.75) is 25.3 Å². The third-order valence-corrected chi connectivity index (χ3v) is 4.57. The summed E-state index contributed by atoms with van der Waals surface area (Å²) in [6.45, 7) is 1.42. The molecule has 4 nitrogen and oxygen atoms in total. The van der Waals surface area contributed by atoms with Gasteiger partial charge in [0.25, 0.3) is 0 Å². The second kappa shape index (κ2) is 8.20. The lowest BCUT2D eigenvalue weighted by atomic mass is 10.0. The molecule has 1 heterocycles. The van der Waals surface area contributed by atoms with E-state index in [1.54, 1.807) is 0 Å². The number of rotatable bonds is 5. The molecule has 0 fully saturated rings. The molecule has 3 rings (SSSR count). The number of aryl methyl sites for hydroxylation is 1. The van der Waals surface area contributed by atoms with Crippen LogP contribution in [0.5, 0.6) is 5.75 Å². The SMILES string of the molecule is NC(=NCCCc1cccc(Br)c1)NC1CCOc2ccccc21. The Morgan fingerprint density at radius 1 is 1.25 bits per heavy atom. The lowest BCUT2D eigenvalue weighted by Gasteiger charge is -2.26. The van der Waals surface area contributed by atoms with Gasteiger partial charge in [-0.1, -0.05) is 46.3 Å². The van der Waals surface area contributed by atoms with Crippen molar-refractivity contribution in [3.63, 3.8) is 0 Å². The monoisotopic (exact) mass is 387 g/mol. The van der Waals surface area contributed by atoms with Crippen LogP contribution in [0.4, 0.5) is 0 Å². The summed E-state index contributed by atoms with van der Waals surface area (Å²) in [7, 11) is 0. The number of nitrogens with one attached hydrogen (secondary N) is 1.